The van der Waals surface area contributed by atoms with Crippen LogP contribution in [-0.4, -0.2) is 49.0 Å². The van der Waals surface area contributed by atoms with Crippen molar-refractivity contribution >= 4 is 21.6 Å². The first kappa shape index (κ1) is 15.4. The maximum Gasteiger partial charge on any atom is 0.234 e. The van der Waals surface area contributed by atoms with E-state index in [9.17, 15) is 13.2 Å². The van der Waals surface area contributed by atoms with Gasteiger partial charge in [-0.3, -0.25) is 9.78 Å². The zero-order chi connectivity index (χ0) is 15.8. The number of sulfonamides is 1. The number of piperidine rings is 1. The number of rotatable bonds is 3. The lowest BCUT2D eigenvalue weighted by Crippen LogP contribution is -2.50. The molecule has 1 aromatic rings. The molecule has 120 valence electrons. The summed E-state index contributed by atoms with van der Waals surface area (Å²) in [6.07, 6.45) is 5.57. The molecule has 0 saturated carbocycles. The fourth-order valence-electron chi connectivity index (χ4n) is 3.47. The summed E-state index contributed by atoms with van der Waals surface area (Å²) in [5, 5.41) is 0. The van der Waals surface area contributed by atoms with Gasteiger partial charge in [-0.2, -0.15) is 0 Å². The molecule has 2 fully saturated rings. The van der Waals surface area contributed by atoms with Gasteiger partial charge in [0.1, 0.15) is 0 Å². The number of carbonyl (C=O) groups is 1. The van der Waals surface area contributed by atoms with E-state index in [1.807, 2.05) is 12.1 Å². The third-order valence-corrected chi connectivity index (χ3v) is 6.60. The average molecular weight is 323 g/mol. The third-order valence-electron chi connectivity index (χ3n) is 4.77. The van der Waals surface area contributed by atoms with E-state index in [4.69, 9.17) is 0 Å². The minimum Gasteiger partial charge on any atom is -0.310 e. The van der Waals surface area contributed by atoms with Gasteiger partial charge in [0.15, 0.2) is 0 Å². The van der Waals surface area contributed by atoms with Crippen molar-refractivity contribution < 1.29 is 13.2 Å². The summed E-state index contributed by atoms with van der Waals surface area (Å²) in [5.41, 5.74) is 0.232. The van der Waals surface area contributed by atoms with Crippen LogP contribution < -0.4 is 4.90 Å². The SMILES string of the molecule is CCS(=O)(=O)N1CCCC2(CCN(c3cccnc3)C2=O)C1. The van der Waals surface area contributed by atoms with Crippen LogP contribution in [0.5, 0.6) is 0 Å². The molecule has 0 bridgehead atoms. The predicted octanol–water partition coefficient (Wildman–Crippen LogP) is 1.25. The minimum absolute atomic E-state index is 0.0384. The van der Waals surface area contributed by atoms with E-state index < -0.39 is 15.4 Å². The Kier molecular flexibility index (Phi) is 3.94. The average Bonchev–Trinajstić information content (AvgIpc) is 2.85. The number of aromatic nitrogens is 1. The second-order valence-electron chi connectivity index (χ2n) is 6.04. The number of amides is 1. The van der Waals surface area contributed by atoms with Gasteiger partial charge in [-0.05, 0) is 38.3 Å². The van der Waals surface area contributed by atoms with Crippen molar-refractivity contribution in [3.63, 3.8) is 0 Å². The highest BCUT2D eigenvalue weighted by Gasteiger charge is 2.50. The maximum absolute atomic E-state index is 12.9. The molecule has 0 aromatic carbocycles. The van der Waals surface area contributed by atoms with Crippen LogP contribution in [0.15, 0.2) is 24.5 Å². The zero-order valence-electron chi connectivity index (χ0n) is 12.7. The van der Waals surface area contributed by atoms with Crippen LogP contribution in [0.3, 0.4) is 0 Å². The molecule has 7 heteroatoms. The molecule has 2 aliphatic rings. The van der Waals surface area contributed by atoms with E-state index >= 15 is 0 Å². The van der Waals surface area contributed by atoms with E-state index in [0.717, 1.165) is 18.5 Å². The molecule has 0 radical (unpaired) electrons. The summed E-state index contributed by atoms with van der Waals surface area (Å²) >= 11 is 0. The normalized spacial score (nSPS) is 26.8. The summed E-state index contributed by atoms with van der Waals surface area (Å²) in [4.78, 5) is 18.7. The van der Waals surface area contributed by atoms with Gasteiger partial charge in [0.2, 0.25) is 15.9 Å². The molecule has 22 heavy (non-hydrogen) atoms. The number of nitrogens with zero attached hydrogens (tertiary/aromatic N) is 3. The van der Waals surface area contributed by atoms with Gasteiger partial charge < -0.3 is 4.90 Å². The minimum atomic E-state index is -3.24. The lowest BCUT2D eigenvalue weighted by Gasteiger charge is -2.38. The molecule has 1 spiro atoms. The number of anilines is 1. The van der Waals surface area contributed by atoms with Crippen LogP contribution in [0, 0.1) is 5.41 Å². The molecule has 1 unspecified atom stereocenters. The topological polar surface area (TPSA) is 70.6 Å². The van der Waals surface area contributed by atoms with Crippen LogP contribution in [0.4, 0.5) is 5.69 Å². The predicted molar refractivity (Wildman–Crippen MR) is 83.9 cm³/mol. The number of hydrogen-bond acceptors (Lipinski definition) is 4. The molecular weight excluding hydrogens is 302 g/mol. The number of hydrogen-bond donors (Lipinski definition) is 0. The molecule has 2 aliphatic heterocycles. The quantitative estimate of drug-likeness (QED) is 0.839. The summed E-state index contributed by atoms with van der Waals surface area (Å²) in [6, 6.07) is 3.68. The highest BCUT2D eigenvalue weighted by Crippen LogP contribution is 2.42. The first-order valence-corrected chi connectivity index (χ1v) is 9.29. The Hall–Kier alpha value is -1.47. The molecule has 3 heterocycles. The molecule has 6 nitrogen and oxygen atoms in total. The van der Waals surface area contributed by atoms with Gasteiger partial charge in [0, 0.05) is 25.8 Å². The second kappa shape index (κ2) is 5.62. The summed E-state index contributed by atoms with van der Waals surface area (Å²) < 4.78 is 25.8. The Balaban J connectivity index is 1.84. The highest BCUT2D eigenvalue weighted by atomic mass is 32.2. The molecule has 0 N–H and O–H groups in total. The van der Waals surface area contributed by atoms with Crippen molar-refractivity contribution in [2.45, 2.75) is 26.2 Å². The van der Waals surface area contributed by atoms with Gasteiger partial charge in [0.25, 0.3) is 0 Å². The number of carbonyl (C=O) groups excluding carboxylic acids is 1. The number of pyridine rings is 1. The van der Waals surface area contributed by atoms with Crippen molar-refractivity contribution in [3.8, 4) is 0 Å². The zero-order valence-corrected chi connectivity index (χ0v) is 13.6. The second-order valence-corrected chi connectivity index (χ2v) is 8.29. The Morgan fingerprint density at radius 1 is 1.32 bits per heavy atom. The Bertz CT molecular complexity index is 662. The lowest BCUT2D eigenvalue weighted by molar-refractivity contribution is -0.127. The van der Waals surface area contributed by atoms with E-state index in [2.05, 4.69) is 4.98 Å². The molecule has 1 aromatic heterocycles. The molecular formula is C15H21N3O3S. The van der Waals surface area contributed by atoms with E-state index in [-0.39, 0.29) is 11.7 Å². The molecule has 2 saturated heterocycles. The van der Waals surface area contributed by atoms with Gasteiger partial charge in [-0.15, -0.1) is 0 Å². The third kappa shape index (κ3) is 2.52. The maximum atomic E-state index is 12.9. The van der Waals surface area contributed by atoms with Crippen LogP contribution in [0.1, 0.15) is 26.2 Å². The van der Waals surface area contributed by atoms with Gasteiger partial charge in [0.05, 0.1) is 23.1 Å². The largest absolute Gasteiger partial charge is 0.310 e. The highest BCUT2D eigenvalue weighted by molar-refractivity contribution is 7.89. The molecule has 1 atom stereocenters. The van der Waals surface area contributed by atoms with Gasteiger partial charge >= 0.3 is 0 Å². The Morgan fingerprint density at radius 2 is 2.14 bits per heavy atom. The van der Waals surface area contributed by atoms with Crippen molar-refractivity contribution in [2.75, 3.05) is 30.3 Å². The summed E-state index contributed by atoms with van der Waals surface area (Å²) in [5.74, 6) is 0.125. The smallest absolute Gasteiger partial charge is 0.234 e. The first-order valence-electron chi connectivity index (χ1n) is 7.68. The van der Waals surface area contributed by atoms with Crippen molar-refractivity contribution in [3.05, 3.63) is 24.5 Å². The summed E-state index contributed by atoms with van der Waals surface area (Å²) in [6.45, 7) is 3.12. The van der Waals surface area contributed by atoms with Crippen LogP contribution in [-0.2, 0) is 14.8 Å². The van der Waals surface area contributed by atoms with E-state index in [0.29, 0.717) is 26.1 Å². The Morgan fingerprint density at radius 3 is 2.82 bits per heavy atom. The van der Waals surface area contributed by atoms with Crippen LogP contribution in [0.2, 0.25) is 0 Å². The van der Waals surface area contributed by atoms with Crippen molar-refractivity contribution in [1.82, 2.24) is 9.29 Å². The Labute approximate surface area is 131 Å². The standard InChI is InChI=1S/C15H21N3O3S/c1-2-22(20,21)17-9-4-6-15(12-17)7-10-18(14(15)19)13-5-3-8-16-11-13/h3,5,8,11H,2,4,6-7,9-10,12H2,1H3. The first-order chi connectivity index (χ1) is 10.5. The van der Waals surface area contributed by atoms with Crippen LogP contribution >= 0.6 is 0 Å². The van der Waals surface area contributed by atoms with Crippen molar-refractivity contribution in [2.24, 2.45) is 5.41 Å². The lowest BCUT2D eigenvalue weighted by atomic mass is 9.79. The van der Waals surface area contributed by atoms with Gasteiger partial charge in [-0.1, -0.05) is 0 Å². The fraction of sp³-hybridized carbons (Fsp3) is 0.600. The summed E-state index contributed by atoms with van der Waals surface area (Å²) in [7, 11) is -3.24. The van der Waals surface area contributed by atoms with Crippen LogP contribution in [0.25, 0.3) is 0 Å². The van der Waals surface area contributed by atoms with E-state index in [1.54, 1.807) is 24.2 Å². The molecule has 0 aliphatic carbocycles. The monoisotopic (exact) mass is 323 g/mol. The van der Waals surface area contributed by atoms with Crippen molar-refractivity contribution in [1.29, 1.82) is 0 Å². The van der Waals surface area contributed by atoms with Gasteiger partial charge in [-0.25, -0.2) is 12.7 Å². The molecule has 3 rings (SSSR count). The molecule has 1 amide bonds. The van der Waals surface area contributed by atoms with E-state index in [1.165, 1.54) is 4.31 Å². The fourth-order valence-corrected chi connectivity index (χ4v) is 4.68.